The maximum atomic E-state index is 11.7. The summed E-state index contributed by atoms with van der Waals surface area (Å²) < 4.78 is 36.9. The van der Waals surface area contributed by atoms with Gasteiger partial charge in [0.25, 0.3) is 0 Å². The molecule has 0 saturated carbocycles. The van der Waals surface area contributed by atoms with Crippen LogP contribution in [0.2, 0.25) is 0 Å². The fourth-order valence-electron chi connectivity index (χ4n) is 1.12. The average Bonchev–Trinajstić information content (AvgIpc) is 2.73. The van der Waals surface area contributed by atoms with E-state index in [-0.39, 0.29) is 0 Å². The molecular weight excluding hydrogens is 237 g/mol. The van der Waals surface area contributed by atoms with Gasteiger partial charge in [-0.2, -0.15) is 18.3 Å². The van der Waals surface area contributed by atoms with E-state index >= 15 is 0 Å². The molecule has 2 amide bonds. The van der Waals surface area contributed by atoms with Gasteiger partial charge in [0.05, 0.1) is 0 Å². The smallest absolute Gasteiger partial charge is 0.338 e. The summed E-state index contributed by atoms with van der Waals surface area (Å²) in [7, 11) is 0. The van der Waals surface area contributed by atoms with Crippen molar-refractivity contribution in [3.63, 3.8) is 0 Å². The van der Waals surface area contributed by atoms with Gasteiger partial charge in [-0.3, -0.25) is 4.68 Å². The number of carbonyl (C=O) groups is 1. The number of nitrogens with zero attached hydrogens (tertiary/aromatic N) is 2. The van der Waals surface area contributed by atoms with Crippen molar-refractivity contribution in [2.75, 3.05) is 13.1 Å². The fourth-order valence-corrected chi connectivity index (χ4v) is 1.12. The van der Waals surface area contributed by atoms with Crippen molar-refractivity contribution in [2.24, 2.45) is 0 Å². The van der Waals surface area contributed by atoms with Crippen LogP contribution in [0.4, 0.5) is 18.0 Å². The Morgan fingerprint density at radius 2 is 2.12 bits per heavy atom. The molecule has 0 aliphatic rings. The lowest BCUT2D eigenvalue weighted by molar-refractivity contribution is -0.122. The molecule has 0 saturated heterocycles. The molecule has 0 aromatic carbocycles. The minimum absolute atomic E-state index is 0.295. The standard InChI is InChI=1S/C9H13F3N4O/c10-9(11,12)7-14-8(17)13-3-1-5-16-6-2-4-15-16/h2,4,6H,1,3,5,7H2,(H2,13,14,17). The molecule has 8 heteroatoms. The molecule has 17 heavy (non-hydrogen) atoms. The predicted octanol–water partition coefficient (Wildman–Crippen LogP) is 1.13. The SMILES string of the molecule is O=C(NCCCn1cccn1)NCC(F)(F)F. The van der Waals surface area contributed by atoms with Crippen molar-refractivity contribution >= 4 is 6.03 Å². The number of hydrogen-bond donors (Lipinski definition) is 2. The number of aryl methyl sites for hydroxylation is 1. The molecule has 0 aliphatic heterocycles. The van der Waals surface area contributed by atoms with E-state index in [0.717, 1.165) is 0 Å². The molecule has 1 heterocycles. The third-order valence-electron chi connectivity index (χ3n) is 1.86. The van der Waals surface area contributed by atoms with E-state index in [1.165, 1.54) is 0 Å². The van der Waals surface area contributed by atoms with Crippen LogP contribution >= 0.6 is 0 Å². The number of alkyl halides is 3. The minimum atomic E-state index is -4.38. The summed E-state index contributed by atoms with van der Waals surface area (Å²) >= 11 is 0. The molecule has 0 aliphatic carbocycles. The Bertz CT molecular complexity index is 337. The van der Waals surface area contributed by atoms with Crippen LogP contribution in [0.5, 0.6) is 0 Å². The summed E-state index contributed by atoms with van der Waals surface area (Å²) in [4.78, 5) is 10.9. The van der Waals surface area contributed by atoms with E-state index in [9.17, 15) is 18.0 Å². The third-order valence-corrected chi connectivity index (χ3v) is 1.86. The zero-order valence-electron chi connectivity index (χ0n) is 9.00. The van der Waals surface area contributed by atoms with Gasteiger partial charge in [-0.1, -0.05) is 0 Å². The van der Waals surface area contributed by atoms with Crippen LogP contribution in [0.15, 0.2) is 18.5 Å². The molecule has 1 rings (SSSR count). The van der Waals surface area contributed by atoms with Crippen molar-refractivity contribution < 1.29 is 18.0 Å². The molecule has 0 unspecified atom stereocenters. The third kappa shape index (κ3) is 6.44. The molecule has 96 valence electrons. The van der Waals surface area contributed by atoms with Gasteiger partial charge in [-0.05, 0) is 12.5 Å². The van der Waals surface area contributed by atoms with E-state index in [4.69, 9.17) is 0 Å². The van der Waals surface area contributed by atoms with E-state index in [1.54, 1.807) is 28.5 Å². The van der Waals surface area contributed by atoms with E-state index in [0.29, 0.717) is 19.5 Å². The van der Waals surface area contributed by atoms with Crippen LogP contribution in [-0.4, -0.2) is 35.1 Å². The van der Waals surface area contributed by atoms with Crippen LogP contribution in [0, 0.1) is 0 Å². The number of aromatic nitrogens is 2. The molecule has 1 aromatic rings. The highest BCUT2D eigenvalue weighted by Crippen LogP contribution is 2.11. The zero-order valence-corrected chi connectivity index (χ0v) is 9.00. The Kier molecular flexibility index (Phi) is 4.80. The predicted molar refractivity (Wildman–Crippen MR) is 54.3 cm³/mol. The lowest BCUT2D eigenvalue weighted by Gasteiger charge is -2.09. The second-order valence-electron chi connectivity index (χ2n) is 3.35. The number of carbonyl (C=O) groups excluding carboxylic acids is 1. The van der Waals surface area contributed by atoms with Crippen molar-refractivity contribution in [2.45, 2.75) is 19.1 Å². The van der Waals surface area contributed by atoms with Gasteiger partial charge in [0, 0.05) is 25.5 Å². The summed E-state index contributed by atoms with van der Waals surface area (Å²) in [5.74, 6) is 0. The van der Waals surface area contributed by atoms with Gasteiger partial charge in [0.2, 0.25) is 0 Å². The lowest BCUT2D eigenvalue weighted by Crippen LogP contribution is -2.41. The first-order valence-corrected chi connectivity index (χ1v) is 5.03. The van der Waals surface area contributed by atoms with Crippen molar-refractivity contribution in [1.29, 1.82) is 0 Å². The molecule has 1 aromatic heterocycles. The Hall–Kier alpha value is -1.73. The lowest BCUT2D eigenvalue weighted by atomic mass is 10.4. The molecule has 5 nitrogen and oxygen atoms in total. The van der Waals surface area contributed by atoms with Crippen LogP contribution in [0.1, 0.15) is 6.42 Å². The average molecular weight is 250 g/mol. The maximum Gasteiger partial charge on any atom is 0.405 e. The highest BCUT2D eigenvalue weighted by atomic mass is 19.4. The summed E-state index contributed by atoms with van der Waals surface area (Å²) in [5, 5.41) is 7.99. The number of nitrogens with one attached hydrogen (secondary N) is 2. The van der Waals surface area contributed by atoms with Crippen molar-refractivity contribution in [3.8, 4) is 0 Å². The van der Waals surface area contributed by atoms with E-state index < -0.39 is 18.8 Å². The first kappa shape index (κ1) is 13.3. The normalized spacial score (nSPS) is 11.2. The second-order valence-corrected chi connectivity index (χ2v) is 3.35. The second kappa shape index (κ2) is 6.12. The maximum absolute atomic E-state index is 11.7. The highest BCUT2D eigenvalue weighted by molar-refractivity contribution is 5.73. The van der Waals surface area contributed by atoms with Gasteiger partial charge in [-0.25, -0.2) is 4.79 Å². The fraction of sp³-hybridized carbons (Fsp3) is 0.556. The van der Waals surface area contributed by atoms with Crippen LogP contribution in [0.3, 0.4) is 0 Å². The van der Waals surface area contributed by atoms with Gasteiger partial charge in [-0.15, -0.1) is 0 Å². The summed E-state index contributed by atoms with van der Waals surface area (Å²) in [6, 6.07) is 0.950. The number of rotatable bonds is 5. The molecule has 0 fully saturated rings. The van der Waals surface area contributed by atoms with Crippen molar-refractivity contribution in [1.82, 2.24) is 20.4 Å². The Labute approximate surface area is 96.0 Å². The summed E-state index contributed by atoms with van der Waals surface area (Å²) in [5.41, 5.74) is 0. The topological polar surface area (TPSA) is 59.0 Å². The molecule has 0 radical (unpaired) electrons. The van der Waals surface area contributed by atoms with Crippen molar-refractivity contribution in [3.05, 3.63) is 18.5 Å². The van der Waals surface area contributed by atoms with E-state index in [2.05, 4.69) is 10.4 Å². The molecule has 0 bridgehead atoms. The largest absolute Gasteiger partial charge is 0.405 e. The quantitative estimate of drug-likeness (QED) is 0.770. The van der Waals surface area contributed by atoms with Gasteiger partial charge >= 0.3 is 12.2 Å². The van der Waals surface area contributed by atoms with Crippen LogP contribution in [-0.2, 0) is 6.54 Å². The Morgan fingerprint density at radius 1 is 1.35 bits per heavy atom. The number of amides is 2. The number of hydrogen-bond acceptors (Lipinski definition) is 2. The molecule has 0 spiro atoms. The van der Waals surface area contributed by atoms with Gasteiger partial charge in [0.1, 0.15) is 6.54 Å². The molecule has 0 atom stereocenters. The van der Waals surface area contributed by atoms with E-state index in [1.807, 2.05) is 0 Å². The van der Waals surface area contributed by atoms with Crippen LogP contribution < -0.4 is 10.6 Å². The molecular formula is C9H13F3N4O. The van der Waals surface area contributed by atoms with Gasteiger partial charge < -0.3 is 10.6 Å². The monoisotopic (exact) mass is 250 g/mol. The zero-order chi connectivity index (χ0) is 12.7. The Balaban J connectivity index is 2.04. The first-order chi connectivity index (χ1) is 7.97. The van der Waals surface area contributed by atoms with Crippen LogP contribution in [0.25, 0.3) is 0 Å². The minimum Gasteiger partial charge on any atom is -0.338 e. The number of halogens is 3. The number of urea groups is 1. The first-order valence-electron chi connectivity index (χ1n) is 5.03. The van der Waals surface area contributed by atoms with Gasteiger partial charge in [0.15, 0.2) is 0 Å². The summed E-state index contributed by atoms with van der Waals surface area (Å²) in [6.45, 7) is -0.423. The summed E-state index contributed by atoms with van der Waals surface area (Å²) in [6.07, 6.45) is -0.388. The molecule has 2 N–H and O–H groups in total. The highest BCUT2D eigenvalue weighted by Gasteiger charge is 2.27. The Morgan fingerprint density at radius 3 is 2.71 bits per heavy atom.